The summed E-state index contributed by atoms with van der Waals surface area (Å²) in [5, 5.41) is 21.8. The first-order valence-corrected chi connectivity index (χ1v) is 8.48. The predicted octanol–water partition coefficient (Wildman–Crippen LogP) is 3.50. The number of aliphatic hydroxyl groups excluding tert-OH is 1. The van der Waals surface area contributed by atoms with E-state index in [0.717, 1.165) is 11.1 Å². The highest BCUT2D eigenvalue weighted by molar-refractivity contribution is 6.30. The van der Waals surface area contributed by atoms with Gasteiger partial charge in [0.05, 0.1) is 11.7 Å². The fourth-order valence-electron chi connectivity index (χ4n) is 3.19. The van der Waals surface area contributed by atoms with Crippen molar-refractivity contribution in [1.29, 1.82) is 0 Å². The summed E-state index contributed by atoms with van der Waals surface area (Å²) in [6.07, 6.45) is 0.539. The normalized spacial score (nSPS) is 19.2. The van der Waals surface area contributed by atoms with Crippen LogP contribution in [0.25, 0.3) is 0 Å². The van der Waals surface area contributed by atoms with Gasteiger partial charge in [0.2, 0.25) is 0 Å². The van der Waals surface area contributed by atoms with Crippen LogP contribution in [-0.4, -0.2) is 34.7 Å². The lowest BCUT2D eigenvalue weighted by Gasteiger charge is -2.39. The lowest BCUT2D eigenvalue weighted by Crippen LogP contribution is -2.43. The van der Waals surface area contributed by atoms with Crippen molar-refractivity contribution in [2.75, 3.05) is 19.6 Å². The van der Waals surface area contributed by atoms with E-state index < -0.39 is 11.7 Å². The van der Waals surface area contributed by atoms with Crippen molar-refractivity contribution in [2.24, 2.45) is 0 Å². The van der Waals surface area contributed by atoms with Crippen molar-refractivity contribution in [3.8, 4) is 0 Å². The number of hydrogen-bond acceptors (Lipinski definition) is 3. The highest BCUT2D eigenvalue weighted by atomic mass is 35.5. The molecule has 0 bridgehead atoms. The van der Waals surface area contributed by atoms with Crippen molar-refractivity contribution < 1.29 is 14.6 Å². The molecule has 1 fully saturated rings. The van der Waals surface area contributed by atoms with Gasteiger partial charge in [0.25, 0.3) is 0 Å². The standard InChI is InChI=1S/C19H21ClFNO2/c20-16-5-1-14(2-6-16)18(23)13-22-11-9-19(24,10-12-22)15-3-7-17(21)8-4-15/h1-8,18,23-24H,9-13H2/t18-/m1/s1. The van der Waals surface area contributed by atoms with E-state index in [1.165, 1.54) is 12.1 Å². The summed E-state index contributed by atoms with van der Waals surface area (Å²) in [6.45, 7) is 1.87. The molecule has 1 aliphatic heterocycles. The first kappa shape index (κ1) is 17.4. The minimum absolute atomic E-state index is 0.300. The zero-order valence-corrected chi connectivity index (χ0v) is 14.1. The van der Waals surface area contributed by atoms with Gasteiger partial charge in [0, 0.05) is 24.7 Å². The van der Waals surface area contributed by atoms with E-state index in [1.807, 2.05) is 12.1 Å². The van der Waals surface area contributed by atoms with E-state index in [0.29, 0.717) is 37.5 Å². The number of likely N-dealkylation sites (tertiary alicyclic amines) is 1. The Balaban J connectivity index is 1.58. The Morgan fingerprint density at radius 2 is 1.62 bits per heavy atom. The van der Waals surface area contributed by atoms with Crippen LogP contribution < -0.4 is 0 Å². The molecule has 0 radical (unpaired) electrons. The number of aliphatic hydroxyl groups is 2. The van der Waals surface area contributed by atoms with Gasteiger partial charge in [-0.1, -0.05) is 35.9 Å². The summed E-state index contributed by atoms with van der Waals surface area (Å²) < 4.78 is 13.0. The van der Waals surface area contributed by atoms with Gasteiger partial charge in [-0.25, -0.2) is 4.39 Å². The molecule has 0 saturated carbocycles. The fourth-order valence-corrected chi connectivity index (χ4v) is 3.32. The molecule has 0 aliphatic carbocycles. The average molecular weight is 350 g/mol. The van der Waals surface area contributed by atoms with Crippen molar-refractivity contribution in [3.05, 3.63) is 70.5 Å². The third kappa shape index (κ3) is 3.95. The number of rotatable bonds is 4. The molecule has 2 aromatic carbocycles. The van der Waals surface area contributed by atoms with Crippen LogP contribution in [0.4, 0.5) is 4.39 Å². The molecule has 128 valence electrons. The molecule has 2 N–H and O–H groups in total. The lowest BCUT2D eigenvalue weighted by molar-refractivity contribution is -0.0345. The molecular weight excluding hydrogens is 329 g/mol. The number of halogens is 2. The molecule has 3 nitrogen and oxygen atoms in total. The molecule has 0 spiro atoms. The number of β-amino-alcohol motifs (C(OH)–C–C–N with tert-alkyl or cyclic N) is 1. The fraction of sp³-hybridized carbons (Fsp3) is 0.368. The second-order valence-electron chi connectivity index (χ2n) is 6.41. The Hall–Kier alpha value is -1.46. The van der Waals surface area contributed by atoms with Gasteiger partial charge in [0.15, 0.2) is 0 Å². The summed E-state index contributed by atoms with van der Waals surface area (Å²) >= 11 is 5.86. The van der Waals surface area contributed by atoms with Crippen LogP contribution in [-0.2, 0) is 5.60 Å². The van der Waals surface area contributed by atoms with Crippen molar-refractivity contribution in [1.82, 2.24) is 4.90 Å². The van der Waals surface area contributed by atoms with E-state index >= 15 is 0 Å². The molecule has 1 aliphatic rings. The summed E-state index contributed by atoms with van der Waals surface area (Å²) in [5.74, 6) is -0.300. The van der Waals surface area contributed by atoms with Crippen molar-refractivity contribution >= 4 is 11.6 Å². The van der Waals surface area contributed by atoms with Crippen LogP contribution in [0, 0.1) is 5.82 Å². The van der Waals surface area contributed by atoms with Gasteiger partial charge in [-0.3, -0.25) is 0 Å². The number of piperidine rings is 1. The average Bonchev–Trinajstić information content (AvgIpc) is 2.58. The van der Waals surface area contributed by atoms with Crippen LogP contribution in [0.2, 0.25) is 5.02 Å². The number of hydrogen-bond donors (Lipinski definition) is 2. The van der Waals surface area contributed by atoms with E-state index in [2.05, 4.69) is 4.90 Å². The monoisotopic (exact) mass is 349 g/mol. The molecule has 1 atom stereocenters. The number of benzene rings is 2. The van der Waals surface area contributed by atoms with E-state index in [4.69, 9.17) is 11.6 Å². The SMILES string of the molecule is O[C@H](CN1CCC(O)(c2ccc(F)cc2)CC1)c1ccc(Cl)cc1. The van der Waals surface area contributed by atoms with E-state index in [-0.39, 0.29) is 5.82 Å². The van der Waals surface area contributed by atoms with Crippen LogP contribution in [0.5, 0.6) is 0 Å². The number of nitrogens with zero attached hydrogens (tertiary/aromatic N) is 1. The Bertz CT molecular complexity index is 667. The smallest absolute Gasteiger partial charge is 0.123 e. The van der Waals surface area contributed by atoms with Crippen molar-refractivity contribution in [3.63, 3.8) is 0 Å². The highest BCUT2D eigenvalue weighted by Crippen LogP contribution is 2.33. The maximum absolute atomic E-state index is 13.0. The molecule has 1 heterocycles. The van der Waals surface area contributed by atoms with Gasteiger partial charge in [-0.05, 0) is 48.2 Å². The van der Waals surface area contributed by atoms with E-state index in [9.17, 15) is 14.6 Å². The molecule has 0 aromatic heterocycles. The lowest BCUT2D eigenvalue weighted by atomic mass is 9.84. The zero-order valence-electron chi connectivity index (χ0n) is 13.3. The Morgan fingerprint density at radius 1 is 1.04 bits per heavy atom. The van der Waals surface area contributed by atoms with Gasteiger partial charge in [-0.15, -0.1) is 0 Å². The van der Waals surface area contributed by atoms with Gasteiger partial charge < -0.3 is 15.1 Å². The summed E-state index contributed by atoms with van der Waals surface area (Å²) in [7, 11) is 0. The molecule has 1 saturated heterocycles. The maximum Gasteiger partial charge on any atom is 0.123 e. The van der Waals surface area contributed by atoms with Crippen LogP contribution in [0.3, 0.4) is 0 Å². The first-order chi connectivity index (χ1) is 11.5. The third-order valence-corrected chi connectivity index (χ3v) is 5.00. The second-order valence-corrected chi connectivity index (χ2v) is 6.84. The van der Waals surface area contributed by atoms with Gasteiger partial charge >= 0.3 is 0 Å². The van der Waals surface area contributed by atoms with E-state index in [1.54, 1.807) is 24.3 Å². The zero-order chi connectivity index (χ0) is 17.2. The molecule has 3 rings (SSSR count). The summed E-state index contributed by atoms with van der Waals surface area (Å²) in [5.41, 5.74) is 0.663. The van der Waals surface area contributed by atoms with Crippen LogP contribution in [0.15, 0.2) is 48.5 Å². The minimum Gasteiger partial charge on any atom is -0.387 e. The van der Waals surface area contributed by atoms with Gasteiger partial charge in [-0.2, -0.15) is 0 Å². The molecule has 0 unspecified atom stereocenters. The van der Waals surface area contributed by atoms with Crippen LogP contribution in [0.1, 0.15) is 30.1 Å². The van der Waals surface area contributed by atoms with Crippen LogP contribution >= 0.6 is 11.6 Å². The summed E-state index contributed by atoms with van der Waals surface area (Å²) in [4.78, 5) is 2.14. The molecule has 2 aromatic rings. The van der Waals surface area contributed by atoms with Crippen molar-refractivity contribution in [2.45, 2.75) is 24.5 Å². The predicted molar refractivity (Wildman–Crippen MR) is 92.4 cm³/mol. The molecule has 0 amide bonds. The molecule has 24 heavy (non-hydrogen) atoms. The summed E-state index contributed by atoms with van der Waals surface area (Å²) in [6, 6.07) is 13.2. The molecule has 5 heteroatoms. The topological polar surface area (TPSA) is 43.7 Å². The first-order valence-electron chi connectivity index (χ1n) is 8.11. The second kappa shape index (κ2) is 7.19. The highest BCUT2D eigenvalue weighted by Gasteiger charge is 2.34. The Kier molecular flexibility index (Phi) is 5.21. The quantitative estimate of drug-likeness (QED) is 0.888. The Morgan fingerprint density at radius 3 is 2.21 bits per heavy atom. The maximum atomic E-state index is 13.0. The van der Waals surface area contributed by atoms with Gasteiger partial charge in [0.1, 0.15) is 5.82 Å². The molecular formula is C19H21ClFNO2. The Labute approximate surface area is 146 Å². The largest absolute Gasteiger partial charge is 0.387 e. The minimum atomic E-state index is -0.921. The third-order valence-electron chi connectivity index (χ3n) is 4.75.